The van der Waals surface area contributed by atoms with E-state index in [1.807, 2.05) is 24.3 Å². The third-order valence-corrected chi connectivity index (χ3v) is 8.93. The van der Waals surface area contributed by atoms with Crippen LogP contribution >= 0.6 is 0 Å². The minimum absolute atomic E-state index is 0.0673. The fourth-order valence-corrected chi connectivity index (χ4v) is 6.82. The molecule has 2 unspecified atom stereocenters. The molecule has 0 bridgehead atoms. The van der Waals surface area contributed by atoms with Crippen molar-refractivity contribution in [3.63, 3.8) is 0 Å². The summed E-state index contributed by atoms with van der Waals surface area (Å²) < 4.78 is 2.36. The van der Waals surface area contributed by atoms with Gasteiger partial charge in [0.1, 0.15) is 5.76 Å². The van der Waals surface area contributed by atoms with Crippen molar-refractivity contribution in [1.82, 2.24) is 0 Å². The second kappa shape index (κ2) is 13.9. The van der Waals surface area contributed by atoms with Crippen molar-refractivity contribution in [1.29, 1.82) is 0 Å². The molecule has 1 N–H and O–H groups in total. The van der Waals surface area contributed by atoms with Crippen LogP contribution in [0.25, 0.3) is 5.57 Å². The smallest absolute Gasteiger partial charge is 0.205 e. The first kappa shape index (κ1) is 32.9. The molecule has 0 spiro atoms. The molecule has 0 fully saturated rings. The van der Waals surface area contributed by atoms with Crippen LogP contribution in [0.1, 0.15) is 71.1 Å². The number of hydrogen-bond acceptors (Lipinski definition) is 3. The van der Waals surface area contributed by atoms with E-state index in [-0.39, 0.29) is 11.5 Å². The summed E-state index contributed by atoms with van der Waals surface area (Å²) in [5.41, 5.74) is 9.12. The Hall–Kier alpha value is -4.44. The average Bonchev–Trinajstić information content (AvgIpc) is 3.00. The van der Waals surface area contributed by atoms with Crippen LogP contribution in [-0.2, 0) is 4.79 Å². The van der Waals surface area contributed by atoms with Gasteiger partial charge in [-0.3, -0.25) is 4.79 Å². The van der Waals surface area contributed by atoms with E-state index in [1.165, 1.54) is 11.1 Å². The van der Waals surface area contributed by atoms with E-state index in [9.17, 15) is 9.90 Å². The van der Waals surface area contributed by atoms with Crippen LogP contribution in [0, 0.1) is 25.7 Å². The lowest BCUT2D eigenvalue weighted by molar-refractivity contribution is -0.481. The number of carbonyl (C=O) groups is 1. The number of aliphatic hydroxyl groups excluding tert-OH is 1. The predicted octanol–water partition coefficient (Wildman–Crippen LogP) is 10.4. The quantitative estimate of drug-likeness (QED) is 0.183. The van der Waals surface area contributed by atoms with Gasteiger partial charge in [0.05, 0.1) is 11.1 Å². The van der Waals surface area contributed by atoms with Gasteiger partial charge in [0, 0.05) is 48.1 Å². The summed E-state index contributed by atoms with van der Waals surface area (Å²) in [6.45, 7) is 17.7. The minimum Gasteiger partial charge on any atom is -0.506 e. The first-order chi connectivity index (χ1) is 21.9. The molecule has 4 heteroatoms. The maximum atomic E-state index is 13.5. The number of carbonyl (C=O) groups excluding carboxylic acids is 1. The van der Waals surface area contributed by atoms with Crippen molar-refractivity contribution in [3.05, 3.63) is 131 Å². The molecule has 46 heavy (non-hydrogen) atoms. The Kier molecular flexibility index (Phi) is 9.96. The van der Waals surface area contributed by atoms with Gasteiger partial charge in [-0.15, -0.1) is 0 Å². The van der Waals surface area contributed by atoms with Crippen LogP contribution in [0.3, 0.4) is 0 Å². The Labute approximate surface area is 275 Å². The molecular formula is C42H49N2O2+. The van der Waals surface area contributed by atoms with Gasteiger partial charge in [-0.25, -0.2) is 0 Å². The highest BCUT2D eigenvalue weighted by atomic mass is 16.3. The molecule has 0 aliphatic heterocycles. The van der Waals surface area contributed by atoms with Gasteiger partial charge >= 0.3 is 0 Å². The van der Waals surface area contributed by atoms with Crippen molar-refractivity contribution in [2.45, 2.75) is 80.3 Å². The number of allylic oxidation sites excluding steroid dienone is 7. The molecule has 2 aliphatic carbocycles. The largest absolute Gasteiger partial charge is 0.506 e. The van der Waals surface area contributed by atoms with Crippen LogP contribution in [-0.4, -0.2) is 33.3 Å². The zero-order chi connectivity index (χ0) is 33.1. The van der Waals surface area contributed by atoms with Crippen LogP contribution < -0.4 is 4.90 Å². The minimum atomic E-state index is -0.120. The zero-order valence-corrected chi connectivity index (χ0v) is 28.7. The monoisotopic (exact) mass is 613 g/mol. The molecule has 2 atom stereocenters. The van der Waals surface area contributed by atoms with Crippen molar-refractivity contribution >= 4 is 34.1 Å². The van der Waals surface area contributed by atoms with Crippen LogP contribution in [0.5, 0.6) is 0 Å². The van der Waals surface area contributed by atoms with Crippen molar-refractivity contribution < 1.29 is 14.5 Å². The molecule has 2 aliphatic rings. The molecule has 5 rings (SSSR count). The standard InChI is InChI=1S/C42H48N2O2/c1-27(2)25-31(7)43(35-17-9-29(5)10-18-35)37-21-13-33(14-22-37)39-41(45)40(42(39)46)34-15-23-38(24-16-34)44(32(8)26-28(3)4)36-19-11-30(6)12-20-36/h9-24,27-28,31-32H,25-26H2,1-8H3/p+1. The van der Waals surface area contributed by atoms with E-state index in [0.29, 0.717) is 35.1 Å². The molecule has 0 amide bonds. The molecule has 3 aromatic carbocycles. The Balaban J connectivity index is 1.43. The second-order valence-corrected chi connectivity index (χ2v) is 13.9. The number of rotatable bonds is 10. The Morgan fingerprint density at radius 2 is 1.15 bits per heavy atom. The van der Waals surface area contributed by atoms with Crippen molar-refractivity contribution in [2.75, 3.05) is 4.90 Å². The van der Waals surface area contributed by atoms with E-state index in [0.717, 1.165) is 46.8 Å². The lowest BCUT2D eigenvalue weighted by Gasteiger charge is -2.33. The van der Waals surface area contributed by atoms with Crippen LogP contribution in [0.15, 0.2) is 114 Å². The van der Waals surface area contributed by atoms with E-state index in [4.69, 9.17) is 0 Å². The number of aliphatic hydroxyl groups is 1. The van der Waals surface area contributed by atoms with Gasteiger partial charge in [0.25, 0.3) is 0 Å². The topological polar surface area (TPSA) is 43.5 Å². The normalized spacial score (nSPS) is 16.0. The Bertz CT molecular complexity index is 1710. The summed E-state index contributed by atoms with van der Waals surface area (Å²) in [7, 11) is 0. The fraction of sp³-hybridized carbons (Fsp3) is 0.333. The third kappa shape index (κ3) is 7.02. The van der Waals surface area contributed by atoms with Crippen molar-refractivity contribution in [2.24, 2.45) is 11.8 Å². The SMILES string of the molecule is Cc1ccc(N(c2ccc(C3=C(O)C(=C4C=CC(=[N+](c5ccc(C)cc5)C(C)CC(C)C)C=C4)C3=O)cc2)C(C)CC(C)C)cc1. The second-order valence-electron chi connectivity index (χ2n) is 13.9. The van der Waals surface area contributed by atoms with Gasteiger partial charge in [-0.2, -0.15) is 4.58 Å². The highest BCUT2D eigenvalue weighted by Crippen LogP contribution is 2.40. The third-order valence-electron chi connectivity index (χ3n) is 8.93. The number of nitrogens with zero attached hydrogens (tertiary/aromatic N) is 2. The molecule has 0 aromatic heterocycles. The summed E-state index contributed by atoms with van der Waals surface area (Å²) in [6.07, 6.45) is 10.1. The highest BCUT2D eigenvalue weighted by molar-refractivity contribution is 6.39. The molecule has 0 heterocycles. The number of hydrogen-bond donors (Lipinski definition) is 1. The van der Waals surface area contributed by atoms with Gasteiger partial charge in [0.15, 0.2) is 6.04 Å². The Morgan fingerprint density at radius 1 is 0.652 bits per heavy atom. The Morgan fingerprint density at radius 3 is 1.65 bits per heavy atom. The van der Waals surface area contributed by atoms with Gasteiger partial charge in [-0.05, 0) is 93.5 Å². The molecule has 3 aromatic rings. The molecule has 0 radical (unpaired) electrons. The molecule has 0 saturated heterocycles. The summed E-state index contributed by atoms with van der Waals surface area (Å²) in [6, 6.07) is 25.9. The fourth-order valence-electron chi connectivity index (χ4n) is 6.82. The molecular weight excluding hydrogens is 564 g/mol. The zero-order valence-electron chi connectivity index (χ0n) is 28.7. The van der Waals surface area contributed by atoms with Crippen LogP contribution in [0.4, 0.5) is 17.1 Å². The van der Waals surface area contributed by atoms with Crippen molar-refractivity contribution in [3.8, 4) is 0 Å². The molecule has 4 nitrogen and oxygen atoms in total. The number of Topliss-reactive ketones (excluding diaryl/α,β-unsaturated/α-hetero) is 1. The summed E-state index contributed by atoms with van der Waals surface area (Å²) in [5.74, 6) is 1.07. The van der Waals surface area contributed by atoms with Gasteiger partial charge < -0.3 is 10.0 Å². The summed E-state index contributed by atoms with van der Waals surface area (Å²) in [5, 5.41) is 11.2. The van der Waals surface area contributed by atoms with E-state index in [2.05, 4.69) is 138 Å². The number of anilines is 2. The predicted molar refractivity (Wildman–Crippen MR) is 194 cm³/mol. The van der Waals surface area contributed by atoms with Crippen LogP contribution in [0.2, 0.25) is 0 Å². The van der Waals surface area contributed by atoms with Gasteiger partial charge in [0.2, 0.25) is 17.2 Å². The highest BCUT2D eigenvalue weighted by Gasteiger charge is 2.37. The van der Waals surface area contributed by atoms with E-state index < -0.39 is 0 Å². The number of benzene rings is 3. The summed E-state index contributed by atoms with van der Waals surface area (Å²) >= 11 is 0. The molecule has 0 saturated carbocycles. The average molecular weight is 614 g/mol. The van der Waals surface area contributed by atoms with E-state index >= 15 is 0 Å². The first-order valence-electron chi connectivity index (χ1n) is 16.7. The first-order valence-corrected chi connectivity index (χ1v) is 16.7. The van der Waals surface area contributed by atoms with E-state index in [1.54, 1.807) is 0 Å². The summed E-state index contributed by atoms with van der Waals surface area (Å²) in [4.78, 5) is 15.9. The lowest BCUT2D eigenvalue weighted by atomic mass is 9.80. The van der Waals surface area contributed by atoms with Gasteiger partial charge in [-0.1, -0.05) is 75.2 Å². The maximum absolute atomic E-state index is 13.5. The lowest BCUT2D eigenvalue weighted by Crippen LogP contribution is -2.29. The number of aryl methyl sites for hydroxylation is 2. The maximum Gasteiger partial charge on any atom is 0.205 e. The molecule has 238 valence electrons. The number of ketones is 1.